The smallest absolute Gasteiger partial charge is 0.409 e. The average molecular weight is 649 g/mol. The lowest BCUT2D eigenvalue weighted by Gasteiger charge is -2.28. The molecule has 0 aliphatic rings. The quantitative estimate of drug-likeness (QED) is 0.172. The van der Waals surface area contributed by atoms with Gasteiger partial charge in [0.2, 0.25) is 0 Å². The van der Waals surface area contributed by atoms with Crippen LogP contribution in [0.15, 0.2) is 84.9 Å². The van der Waals surface area contributed by atoms with E-state index in [0.29, 0.717) is 5.75 Å². The first kappa shape index (κ1) is 34.8. The number of benzene rings is 5. The van der Waals surface area contributed by atoms with E-state index in [4.69, 9.17) is 13.6 Å². The normalized spacial score (nSPS) is 13.0. The Labute approximate surface area is 284 Å². The van der Waals surface area contributed by atoms with E-state index < -0.39 is 8.60 Å². The fraction of sp³-hybridized carbons (Fsp3) is 0.395. The molecule has 0 atom stereocenters. The van der Waals surface area contributed by atoms with Crippen LogP contribution in [-0.2, 0) is 21.7 Å². The van der Waals surface area contributed by atoms with Crippen molar-refractivity contribution in [3.63, 3.8) is 0 Å². The van der Waals surface area contributed by atoms with E-state index in [1.165, 1.54) is 27.5 Å². The predicted molar refractivity (Wildman–Crippen MR) is 203 cm³/mol. The van der Waals surface area contributed by atoms with E-state index >= 15 is 0 Å². The topological polar surface area (TPSA) is 27.7 Å². The van der Waals surface area contributed by atoms with Gasteiger partial charge in [-0.1, -0.05) is 137 Å². The number of fused-ring (bicyclic) bond motifs is 2. The summed E-state index contributed by atoms with van der Waals surface area (Å²) in [6.07, 6.45) is 0. The highest BCUT2D eigenvalue weighted by molar-refractivity contribution is 7.43. The molecule has 0 spiro atoms. The predicted octanol–water partition coefficient (Wildman–Crippen LogP) is 13.3. The molecule has 5 aromatic rings. The summed E-state index contributed by atoms with van der Waals surface area (Å²) in [7, 11) is -1.89. The molecule has 248 valence electrons. The summed E-state index contributed by atoms with van der Waals surface area (Å²) in [6, 6.07) is 30.4. The largest absolute Gasteiger partial charge is 0.530 e. The maximum atomic E-state index is 6.88. The van der Waals surface area contributed by atoms with E-state index in [-0.39, 0.29) is 21.7 Å². The third kappa shape index (κ3) is 8.13. The molecule has 4 heteroatoms. The molecule has 0 saturated heterocycles. The monoisotopic (exact) mass is 648 g/mol. The molecule has 0 aliphatic heterocycles. The van der Waals surface area contributed by atoms with Crippen LogP contribution in [0.3, 0.4) is 0 Å². The second-order valence-corrected chi connectivity index (χ2v) is 18.1. The molecule has 5 rings (SSSR count). The maximum absolute atomic E-state index is 6.88. The fourth-order valence-corrected chi connectivity index (χ4v) is 6.74. The van der Waals surface area contributed by atoms with Crippen LogP contribution in [0, 0.1) is 6.92 Å². The third-order valence-electron chi connectivity index (χ3n) is 8.77. The average Bonchev–Trinajstić information content (AvgIpc) is 2.95. The van der Waals surface area contributed by atoms with Gasteiger partial charge >= 0.3 is 8.60 Å². The van der Waals surface area contributed by atoms with Crippen molar-refractivity contribution in [3.8, 4) is 17.2 Å². The highest BCUT2D eigenvalue weighted by Crippen LogP contribution is 2.49. The Kier molecular flexibility index (Phi) is 9.23. The first-order valence-corrected chi connectivity index (χ1v) is 17.9. The van der Waals surface area contributed by atoms with Gasteiger partial charge in [-0.15, -0.1) is 0 Å². The van der Waals surface area contributed by atoms with E-state index in [9.17, 15) is 0 Å². The van der Waals surface area contributed by atoms with Crippen molar-refractivity contribution in [3.05, 3.63) is 113 Å². The van der Waals surface area contributed by atoms with Gasteiger partial charge in [0.1, 0.15) is 17.2 Å². The molecule has 5 aromatic carbocycles. The highest BCUT2D eigenvalue weighted by atomic mass is 31.2. The van der Waals surface area contributed by atoms with Gasteiger partial charge < -0.3 is 13.6 Å². The van der Waals surface area contributed by atoms with Gasteiger partial charge in [-0.2, -0.15) is 0 Å². The molecule has 0 aromatic heterocycles. The second-order valence-electron chi connectivity index (χ2n) is 17.1. The van der Waals surface area contributed by atoms with Gasteiger partial charge in [0.05, 0.1) is 0 Å². The minimum absolute atomic E-state index is 0.0637. The minimum Gasteiger partial charge on any atom is -0.409 e. The Morgan fingerprint density at radius 3 is 1.17 bits per heavy atom. The van der Waals surface area contributed by atoms with Crippen LogP contribution in [0.2, 0.25) is 0 Å². The first-order valence-electron chi connectivity index (χ1n) is 16.8. The lowest BCUT2D eigenvalue weighted by Crippen LogP contribution is -2.16. The van der Waals surface area contributed by atoms with Crippen molar-refractivity contribution in [1.29, 1.82) is 0 Å². The van der Waals surface area contributed by atoms with Gasteiger partial charge in [-0.25, -0.2) is 0 Å². The molecule has 0 unspecified atom stereocenters. The molecule has 0 saturated carbocycles. The van der Waals surface area contributed by atoms with Crippen molar-refractivity contribution in [1.82, 2.24) is 0 Å². The third-order valence-corrected chi connectivity index (χ3v) is 9.82. The number of rotatable bonds is 6. The van der Waals surface area contributed by atoms with E-state index in [1.54, 1.807) is 0 Å². The van der Waals surface area contributed by atoms with Gasteiger partial charge in [0, 0.05) is 11.1 Å². The summed E-state index contributed by atoms with van der Waals surface area (Å²) in [5.74, 6) is 2.27. The van der Waals surface area contributed by atoms with Crippen molar-refractivity contribution in [2.45, 2.75) is 112 Å². The van der Waals surface area contributed by atoms with Crippen LogP contribution in [0.4, 0.5) is 0 Å². The maximum Gasteiger partial charge on any atom is 0.530 e. The zero-order valence-corrected chi connectivity index (χ0v) is 31.6. The molecule has 0 bridgehead atoms. The molecular weight excluding hydrogens is 595 g/mol. The van der Waals surface area contributed by atoms with Gasteiger partial charge in [-0.05, 0) is 97.7 Å². The molecule has 47 heavy (non-hydrogen) atoms. The van der Waals surface area contributed by atoms with E-state index in [0.717, 1.165) is 33.4 Å². The summed E-state index contributed by atoms with van der Waals surface area (Å²) >= 11 is 0. The van der Waals surface area contributed by atoms with E-state index in [1.807, 2.05) is 12.1 Å². The van der Waals surface area contributed by atoms with Crippen LogP contribution in [-0.4, -0.2) is 0 Å². The van der Waals surface area contributed by atoms with Crippen LogP contribution in [0.25, 0.3) is 21.5 Å². The van der Waals surface area contributed by atoms with Crippen molar-refractivity contribution < 1.29 is 13.6 Å². The molecular formula is C43H53O3P. The Morgan fingerprint density at radius 1 is 0.404 bits per heavy atom. The Bertz CT molecular complexity index is 1780. The zero-order valence-electron chi connectivity index (χ0n) is 30.8. The van der Waals surface area contributed by atoms with Crippen molar-refractivity contribution in [2.24, 2.45) is 0 Å². The lowest BCUT2D eigenvalue weighted by atomic mass is 9.83. The highest BCUT2D eigenvalue weighted by Gasteiger charge is 2.30. The molecule has 0 N–H and O–H groups in total. The van der Waals surface area contributed by atoms with E-state index in [2.05, 4.69) is 163 Å². The molecule has 0 radical (unpaired) electrons. The number of aryl methyl sites for hydroxylation is 1. The SMILES string of the molecule is Cc1ccc(OP(Oc2cc3ccc(C(C)(C)C)cc3cc2C(C)(C)C)Oc2cc3ccc(C(C)(C)C)cc3cc2C(C)(C)C)cc1. The van der Waals surface area contributed by atoms with Crippen LogP contribution in [0.5, 0.6) is 17.2 Å². The summed E-state index contributed by atoms with van der Waals surface area (Å²) < 4.78 is 20.3. The first-order chi connectivity index (χ1) is 21.7. The molecule has 0 fully saturated rings. The summed E-state index contributed by atoms with van der Waals surface area (Å²) in [6.45, 7) is 29.0. The Hall–Kier alpha value is -3.55. The Balaban J connectivity index is 1.63. The number of hydrogen-bond donors (Lipinski definition) is 0. The molecule has 0 aliphatic carbocycles. The van der Waals surface area contributed by atoms with Crippen LogP contribution >= 0.6 is 8.60 Å². The Morgan fingerprint density at radius 2 is 0.809 bits per heavy atom. The minimum atomic E-state index is -1.89. The van der Waals surface area contributed by atoms with Gasteiger partial charge in [0.25, 0.3) is 0 Å². The van der Waals surface area contributed by atoms with Crippen LogP contribution < -0.4 is 13.6 Å². The van der Waals surface area contributed by atoms with Crippen LogP contribution in [0.1, 0.15) is 111 Å². The van der Waals surface area contributed by atoms with Crippen molar-refractivity contribution >= 4 is 30.1 Å². The molecule has 0 heterocycles. The van der Waals surface area contributed by atoms with Gasteiger partial charge in [-0.3, -0.25) is 0 Å². The summed E-state index contributed by atoms with van der Waals surface area (Å²) in [5.41, 5.74) is 5.81. The standard InChI is InChI=1S/C43H53O3P/c1-28-14-20-35(21-15-28)44-47(45-38-26-29-16-18-33(40(2,3)4)22-31(29)24-36(38)42(8,9)10)46-39-27-30-17-19-34(41(5,6)7)23-32(30)25-37(39)43(11,12)13/h14-27H,1-13H3. The molecule has 0 amide bonds. The zero-order chi connectivity index (χ0) is 34.5. The molecule has 3 nitrogen and oxygen atoms in total. The summed E-state index contributed by atoms with van der Waals surface area (Å²) in [4.78, 5) is 0. The second kappa shape index (κ2) is 12.5. The fourth-order valence-electron chi connectivity index (χ4n) is 5.71. The van der Waals surface area contributed by atoms with Crippen molar-refractivity contribution in [2.75, 3.05) is 0 Å². The summed E-state index contributed by atoms with van der Waals surface area (Å²) in [5, 5.41) is 4.67. The lowest BCUT2D eigenvalue weighted by molar-refractivity contribution is 0.378. The number of hydrogen-bond acceptors (Lipinski definition) is 3. The van der Waals surface area contributed by atoms with Gasteiger partial charge in [0.15, 0.2) is 0 Å².